The topological polar surface area (TPSA) is 82.1 Å². The Morgan fingerprint density at radius 2 is 1.61 bits per heavy atom. The molecule has 0 saturated carbocycles. The Bertz CT molecular complexity index is 1050. The van der Waals surface area contributed by atoms with Crippen LogP contribution in [0.15, 0.2) is 78.9 Å². The zero-order valence-electron chi connectivity index (χ0n) is 18.8. The van der Waals surface area contributed by atoms with Crippen LogP contribution in [-0.2, 0) is 16.1 Å². The van der Waals surface area contributed by atoms with E-state index < -0.39 is 24.0 Å². The molecule has 0 fully saturated rings. The molecule has 0 aliphatic heterocycles. The highest BCUT2D eigenvalue weighted by Crippen LogP contribution is 2.34. The maximum absolute atomic E-state index is 12.4. The fourth-order valence-electron chi connectivity index (χ4n) is 3.48. The molecule has 1 N–H and O–H groups in total. The standard InChI is InChI=1S/C27H28O6/c1-3-20(26(28)29)16-24(21-12-8-5-9-13-21)33-25-17-22(14-15-23(25)27(30)31-2)32-18-19-10-6-4-7-11-19/h4-15,17,20,24H,3,16,18H2,1-2H3,(H,28,29). The van der Waals surface area contributed by atoms with Crippen molar-refractivity contribution >= 4 is 11.9 Å². The largest absolute Gasteiger partial charge is 0.489 e. The number of hydrogen-bond acceptors (Lipinski definition) is 5. The molecule has 33 heavy (non-hydrogen) atoms. The fraction of sp³-hybridized carbons (Fsp3) is 0.259. The predicted molar refractivity (Wildman–Crippen MR) is 124 cm³/mol. The van der Waals surface area contributed by atoms with Crippen LogP contribution in [0, 0.1) is 5.92 Å². The first-order chi connectivity index (χ1) is 16.0. The lowest BCUT2D eigenvalue weighted by Gasteiger charge is -2.24. The summed E-state index contributed by atoms with van der Waals surface area (Å²) in [7, 11) is 1.30. The van der Waals surface area contributed by atoms with Gasteiger partial charge in [-0.05, 0) is 29.7 Å². The number of carbonyl (C=O) groups excluding carboxylic acids is 1. The number of hydrogen-bond donors (Lipinski definition) is 1. The van der Waals surface area contributed by atoms with Crippen molar-refractivity contribution in [3.8, 4) is 11.5 Å². The Hall–Kier alpha value is -3.80. The molecule has 0 radical (unpaired) electrons. The number of rotatable bonds is 11. The first kappa shape index (κ1) is 23.9. The van der Waals surface area contributed by atoms with Crippen LogP contribution in [0.1, 0.15) is 47.4 Å². The average molecular weight is 449 g/mol. The number of carboxylic acid groups (broad SMARTS) is 1. The Morgan fingerprint density at radius 1 is 0.939 bits per heavy atom. The maximum atomic E-state index is 12.4. The van der Waals surface area contributed by atoms with E-state index in [0.29, 0.717) is 18.8 Å². The van der Waals surface area contributed by atoms with E-state index in [4.69, 9.17) is 14.2 Å². The summed E-state index contributed by atoms with van der Waals surface area (Å²) in [4.78, 5) is 24.1. The highest BCUT2D eigenvalue weighted by Gasteiger charge is 2.26. The van der Waals surface area contributed by atoms with Crippen LogP contribution in [0.2, 0.25) is 0 Å². The van der Waals surface area contributed by atoms with E-state index in [1.165, 1.54) is 7.11 Å². The van der Waals surface area contributed by atoms with Crippen molar-refractivity contribution in [2.45, 2.75) is 32.5 Å². The molecule has 0 aliphatic rings. The van der Waals surface area contributed by atoms with Crippen LogP contribution in [0.3, 0.4) is 0 Å². The van der Waals surface area contributed by atoms with E-state index in [9.17, 15) is 14.7 Å². The van der Waals surface area contributed by atoms with Gasteiger partial charge >= 0.3 is 11.9 Å². The van der Waals surface area contributed by atoms with Crippen molar-refractivity contribution in [3.05, 3.63) is 95.6 Å². The molecule has 0 heterocycles. The molecule has 2 unspecified atom stereocenters. The zero-order valence-corrected chi connectivity index (χ0v) is 18.8. The second-order valence-electron chi connectivity index (χ2n) is 7.62. The third-order valence-electron chi connectivity index (χ3n) is 5.39. The van der Waals surface area contributed by atoms with Gasteiger partial charge in [-0.15, -0.1) is 0 Å². The van der Waals surface area contributed by atoms with Crippen molar-refractivity contribution < 1.29 is 28.9 Å². The number of aliphatic carboxylic acids is 1. The Labute approximate surface area is 193 Å². The van der Waals surface area contributed by atoms with Crippen LogP contribution in [0.5, 0.6) is 11.5 Å². The maximum Gasteiger partial charge on any atom is 0.341 e. The molecule has 0 amide bonds. The van der Waals surface area contributed by atoms with Gasteiger partial charge in [0.25, 0.3) is 0 Å². The molecule has 0 aliphatic carbocycles. The monoisotopic (exact) mass is 448 g/mol. The van der Waals surface area contributed by atoms with Crippen molar-refractivity contribution in [1.29, 1.82) is 0 Å². The zero-order chi connectivity index (χ0) is 23.6. The minimum absolute atomic E-state index is 0.244. The number of benzene rings is 3. The van der Waals surface area contributed by atoms with Crippen LogP contribution in [0.4, 0.5) is 0 Å². The lowest BCUT2D eigenvalue weighted by Crippen LogP contribution is -2.20. The van der Waals surface area contributed by atoms with Crippen molar-refractivity contribution in [3.63, 3.8) is 0 Å². The van der Waals surface area contributed by atoms with E-state index >= 15 is 0 Å². The summed E-state index contributed by atoms with van der Waals surface area (Å²) in [6.45, 7) is 2.19. The second kappa shape index (κ2) is 11.7. The number of methoxy groups -OCH3 is 1. The summed E-state index contributed by atoms with van der Waals surface area (Å²) in [5.41, 5.74) is 2.07. The second-order valence-corrected chi connectivity index (χ2v) is 7.62. The molecular formula is C27H28O6. The van der Waals surface area contributed by atoms with E-state index in [2.05, 4.69) is 0 Å². The summed E-state index contributed by atoms with van der Waals surface area (Å²) in [6, 6.07) is 24.0. The van der Waals surface area contributed by atoms with Gasteiger partial charge in [0.2, 0.25) is 0 Å². The molecule has 3 rings (SSSR count). The number of ether oxygens (including phenoxy) is 3. The van der Waals surface area contributed by atoms with Gasteiger partial charge in [-0.1, -0.05) is 67.6 Å². The number of esters is 1. The molecule has 2 atom stereocenters. The predicted octanol–water partition coefficient (Wildman–Crippen LogP) is 5.67. The first-order valence-electron chi connectivity index (χ1n) is 10.8. The molecule has 0 aromatic heterocycles. The van der Waals surface area contributed by atoms with E-state index in [1.807, 2.05) is 67.6 Å². The molecule has 172 valence electrons. The van der Waals surface area contributed by atoms with Gasteiger partial charge in [-0.2, -0.15) is 0 Å². The van der Waals surface area contributed by atoms with Crippen LogP contribution >= 0.6 is 0 Å². The number of carbonyl (C=O) groups is 2. The molecule has 6 nitrogen and oxygen atoms in total. The molecule has 0 bridgehead atoms. The summed E-state index contributed by atoms with van der Waals surface area (Å²) in [6.07, 6.45) is 0.150. The first-order valence-corrected chi connectivity index (χ1v) is 10.8. The van der Waals surface area contributed by atoms with Crippen molar-refractivity contribution in [2.24, 2.45) is 5.92 Å². The third-order valence-corrected chi connectivity index (χ3v) is 5.39. The lowest BCUT2D eigenvalue weighted by molar-refractivity contribution is -0.142. The molecule has 0 saturated heterocycles. The molecule has 3 aromatic rings. The highest BCUT2D eigenvalue weighted by molar-refractivity contribution is 5.92. The molecule has 3 aromatic carbocycles. The minimum atomic E-state index is -0.879. The van der Waals surface area contributed by atoms with Gasteiger partial charge < -0.3 is 19.3 Å². The molecule has 0 spiro atoms. The van der Waals surface area contributed by atoms with Crippen LogP contribution in [0.25, 0.3) is 0 Å². The van der Waals surface area contributed by atoms with E-state index in [-0.39, 0.29) is 17.7 Å². The summed E-state index contributed by atoms with van der Waals surface area (Å²) >= 11 is 0. The lowest BCUT2D eigenvalue weighted by atomic mass is 9.94. The smallest absolute Gasteiger partial charge is 0.341 e. The van der Waals surface area contributed by atoms with Gasteiger partial charge in [-0.25, -0.2) is 4.79 Å². The van der Waals surface area contributed by atoms with Gasteiger partial charge in [0.15, 0.2) is 0 Å². The Morgan fingerprint density at radius 3 is 2.21 bits per heavy atom. The number of carboxylic acids is 1. The quantitative estimate of drug-likeness (QED) is 0.381. The fourth-order valence-corrected chi connectivity index (χ4v) is 3.48. The van der Waals surface area contributed by atoms with Gasteiger partial charge in [-0.3, -0.25) is 4.79 Å². The van der Waals surface area contributed by atoms with Crippen molar-refractivity contribution in [1.82, 2.24) is 0 Å². The van der Waals surface area contributed by atoms with Crippen LogP contribution in [-0.4, -0.2) is 24.2 Å². The Kier molecular flexibility index (Phi) is 8.47. The third kappa shape index (κ3) is 6.59. The molecule has 6 heteroatoms. The summed E-state index contributed by atoms with van der Waals surface area (Å²) in [5, 5.41) is 9.59. The average Bonchev–Trinajstić information content (AvgIpc) is 2.85. The van der Waals surface area contributed by atoms with Gasteiger partial charge in [0, 0.05) is 12.5 Å². The van der Waals surface area contributed by atoms with E-state index in [1.54, 1.807) is 18.2 Å². The summed E-state index contributed by atoms with van der Waals surface area (Å²) < 4.78 is 17.1. The van der Waals surface area contributed by atoms with Crippen LogP contribution < -0.4 is 9.47 Å². The SMILES string of the molecule is CCC(CC(Oc1cc(OCc2ccccc2)ccc1C(=O)OC)c1ccccc1)C(=O)O. The van der Waals surface area contributed by atoms with Crippen molar-refractivity contribution in [2.75, 3.05) is 7.11 Å². The molecular weight excluding hydrogens is 420 g/mol. The normalized spacial score (nSPS) is 12.4. The summed E-state index contributed by atoms with van der Waals surface area (Å²) in [5.74, 6) is -1.21. The minimum Gasteiger partial charge on any atom is -0.489 e. The van der Waals surface area contributed by atoms with Gasteiger partial charge in [0.05, 0.1) is 13.0 Å². The highest BCUT2D eigenvalue weighted by atomic mass is 16.5. The Balaban J connectivity index is 1.91. The van der Waals surface area contributed by atoms with Gasteiger partial charge in [0.1, 0.15) is 29.8 Å². The van der Waals surface area contributed by atoms with E-state index in [0.717, 1.165) is 11.1 Å².